The molecule has 2 rings (SSSR count). The Morgan fingerprint density at radius 1 is 0.929 bits per heavy atom. The van der Waals surface area contributed by atoms with Crippen LogP contribution in [0.5, 0.6) is 17.2 Å². The number of ether oxygens (including phenoxy) is 3. The molecule has 0 radical (unpaired) electrons. The van der Waals surface area contributed by atoms with E-state index in [1.165, 1.54) is 32.4 Å². The summed E-state index contributed by atoms with van der Waals surface area (Å²) in [7, 11) is -1.48. The van der Waals surface area contributed by atoms with Gasteiger partial charge in [-0.25, -0.2) is 8.42 Å². The van der Waals surface area contributed by atoms with Crippen LogP contribution in [0, 0.1) is 0 Å². The standard InChI is InChI=1S/C16H15F3N2O6S/c1-25-12-7-10(8-13(9-12)26-2)15(22)20-21-28(23,24)14-5-3-11(4-6-14)27-16(17,18)19/h3-9,21H,1-2H3,(H,20,22). The first-order valence-electron chi connectivity index (χ1n) is 7.45. The van der Waals surface area contributed by atoms with Crippen LogP contribution in [-0.4, -0.2) is 34.9 Å². The number of rotatable bonds is 7. The number of hydrogen-bond donors (Lipinski definition) is 2. The minimum atomic E-state index is -4.90. The fourth-order valence-corrected chi connectivity index (χ4v) is 2.84. The highest BCUT2D eigenvalue weighted by atomic mass is 32.2. The highest BCUT2D eigenvalue weighted by Crippen LogP contribution is 2.24. The van der Waals surface area contributed by atoms with Gasteiger partial charge in [-0.2, -0.15) is 0 Å². The van der Waals surface area contributed by atoms with Crippen molar-refractivity contribution in [2.45, 2.75) is 11.3 Å². The van der Waals surface area contributed by atoms with Gasteiger partial charge >= 0.3 is 6.36 Å². The van der Waals surface area contributed by atoms with Crippen LogP contribution in [0.2, 0.25) is 0 Å². The van der Waals surface area contributed by atoms with Gasteiger partial charge in [-0.1, -0.05) is 0 Å². The molecule has 0 saturated carbocycles. The lowest BCUT2D eigenvalue weighted by atomic mass is 10.2. The molecule has 28 heavy (non-hydrogen) atoms. The quantitative estimate of drug-likeness (QED) is 0.666. The Kier molecular flexibility index (Phi) is 6.36. The maximum atomic E-state index is 12.2. The summed E-state index contributed by atoms with van der Waals surface area (Å²) < 4.78 is 74.4. The van der Waals surface area contributed by atoms with Crippen LogP contribution in [0.25, 0.3) is 0 Å². The van der Waals surface area contributed by atoms with Gasteiger partial charge in [-0.15, -0.1) is 18.0 Å². The average molecular weight is 420 g/mol. The van der Waals surface area contributed by atoms with E-state index in [9.17, 15) is 26.4 Å². The minimum absolute atomic E-state index is 0.0489. The molecule has 2 aromatic rings. The Morgan fingerprint density at radius 2 is 1.46 bits per heavy atom. The number of methoxy groups -OCH3 is 2. The molecule has 0 aromatic heterocycles. The lowest BCUT2D eigenvalue weighted by Crippen LogP contribution is -2.41. The molecule has 0 spiro atoms. The van der Waals surface area contributed by atoms with Crippen molar-refractivity contribution in [3.05, 3.63) is 48.0 Å². The fourth-order valence-electron chi connectivity index (χ4n) is 2.00. The fraction of sp³-hybridized carbons (Fsp3) is 0.188. The third-order valence-electron chi connectivity index (χ3n) is 3.28. The van der Waals surface area contributed by atoms with E-state index in [-0.39, 0.29) is 10.5 Å². The summed E-state index contributed by atoms with van der Waals surface area (Å²) in [6.07, 6.45) is -4.90. The highest BCUT2D eigenvalue weighted by Gasteiger charge is 2.31. The number of alkyl halides is 3. The van der Waals surface area contributed by atoms with Gasteiger partial charge in [0, 0.05) is 11.6 Å². The zero-order valence-corrected chi connectivity index (χ0v) is 15.3. The normalized spacial score (nSPS) is 11.6. The minimum Gasteiger partial charge on any atom is -0.497 e. The number of benzene rings is 2. The molecule has 0 aliphatic rings. The van der Waals surface area contributed by atoms with Crippen molar-refractivity contribution in [2.24, 2.45) is 0 Å². The van der Waals surface area contributed by atoms with Gasteiger partial charge < -0.3 is 14.2 Å². The monoisotopic (exact) mass is 420 g/mol. The summed E-state index contributed by atoms with van der Waals surface area (Å²) in [6.45, 7) is 0. The first-order chi connectivity index (χ1) is 13.0. The van der Waals surface area contributed by atoms with Crippen molar-refractivity contribution in [1.29, 1.82) is 0 Å². The Hall–Kier alpha value is -2.99. The SMILES string of the molecule is COc1cc(OC)cc(C(=O)NNS(=O)(=O)c2ccc(OC(F)(F)F)cc2)c1. The van der Waals surface area contributed by atoms with Crippen LogP contribution >= 0.6 is 0 Å². The van der Waals surface area contributed by atoms with E-state index >= 15 is 0 Å². The number of hydrogen-bond acceptors (Lipinski definition) is 6. The number of halogens is 3. The summed E-state index contributed by atoms with van der Waals surface area (Å²) in [5.41, 5.74) is 2.04. The van der Waals surface area contributed by atoms with E-state index in [1.807, 2.05) is 10.3 Å². The topological polar surface area (TPSA) is 103 Å². The summed E-state index contributed by atoms with van der Waals surface area (Å²) in [5.74, 6) is -0.767. The van der Waals surface area contributed by atoms with E-state index in [2.05, 4.69) is 4.74 Å². The molecular weight excluding hydrogens is 405 g/mol. The predicted octanol–water partition coefficient (Wildman–Crippen LogP) is 2.23. The van der Waals surface area contributed by atoms with Crippen molar-refractivity contribution >= 4 is 15.9 Å². The van der Waals surface area contributed by atoms with Crippen LogP contribution in [-0.2, 0) is 10.0 Å². The summed E-state index contributed by atoms with van der Waals surface area (Å²) >= 11 is 0. The van der Waals surface area contributed by atoms with Gasteiger partial charge in [-0.05, 0) is 36.4 Å². The largest absolute Gasteiger partial charge is 0.573 e. The van der Waals surface area contributed by atoms with Gasteiger partial charge in [0.25, 0.3) is 15.9 Å². The number of hydrazine groups is 1. The molecule has 2 aromatic carbocycles. The molecule has 1 amide bonds. The molecular formula is C16H15F3N2O6S. The van der Waals surface area contributed by atoms with Crippen LogP contribution in [0.1, 0.15) is 10.4 Å². The molecule has 0 aliphatic heterocycles. The van der Waals surface area contributed by atoms with E-state index < -0.39 is 28.0 Å². The van der Waals surface area contributed by atoms with Gasteiger partial charge in [0.2, 0.25) is 0 Å². The lowest BCUT2D eigenvalue weighted by Gasteiger charge is -2.12. The predicted molar refractivity (Wildman–Crippen MR) is 90.5 cm³/mol. The summed E-state index contributed by atoms with van der Waals surface area (Å²) in [5, 5.41) is 0. The van der Waals surface area contributed by atoms with Crippen molar-refractivity contribution in [2.75, 3.05) is 14.2 Å². The van der Waals surface area contributed by atoms with Crippen molar-refractivity contribution < 1.29 is 40.6 Å². The molecule has 8 nitrogen and oxygen atoms in total. The van der Waals surface area contributed by atoms with Crippen LogP contribution in [0.3, 0.4) is 0 Å². The average Bonchev–Trinajstić information content (AvgIpc) is 2.64. The second kappa shape index (κ2) is 8.35. The second-order valence-electron chi connectivity index (χ2n) is 5.18. The van der Waals surface area contributed by atoms with Gasteiger partial charge in [0.05, 0.1) is 19.1 Å². The summed E-state index contributed by atoms with van der Waals surface area (Å²) in [6, 6.07) is 7.68. The molecule has 0 heterocycles. The Bertz CT molecular complexity index is 924. The van der Waals surface area contributed by atoms with Crippen molar-refractivity contribution in [3.63, 3.8) is 0 Å². The highest BCUT2D eigenvalue weighted by molar-refractivity contribution is 7.89. The molecule has 152 valence electrons. The molecule has 0 fully saturated rings. The number of sulfonamides is 1. The number of nitrogens with one attached hydrogen (secondary N) is 2. The van der Waals surface area contributed by atoms with Crippen molar-refractivity contribution in [1.82, 2.24) is 10.3 Å². The number of carbonyl (C=O) groups is 1. The van der Waals surface area contributed by atoms with Gasteiger partial charge in [0.15, 0.2) is 0 Å². The Balaban J connectivity index is 2.09. The molecule has 0 unspecified atom stereocenters. The molecule has 0 bridgehead atoms. The molecule has 0 saturated heterocycles. The van der Waals surface area contributed by atoms with Crippen molar-refractivity contribution in [3.8, 4) is 17.2 Å². The van der Waals surface area contributed by atoms with E-state index in [4.69, 9.17) is 9.47 Å². The van der Waals surface area contributed by atoms with E-state index in [1.54, 1.807) is 0 Å². The van der Waals surface area contributed by atoms with Crippen LogP contribution in [0.15, 0.2) is 47.4 Å². The Morgan fingerprint density at radius 3 is 1.93 bits per heavy atom. The third-order valence-corrected chi connectivity index (χ3v) is 4.54. The van der Waals surface area contributed by atoms with Crippen LogP contribution < -0.4 is 24.5 Å². The lowest BCUT2D eigenvalue weighted by molar-refractivity contribution is -0.274. The number of amides is 1. The zero-order chi connectivity index (χ0) is 20.9. The smallest absolute Gasteiger partial charge is 0.497 e. The Labute approximate surface area is 158 Å². The van der Waals surface area contributed by atoms with Crippen LogP contribution in [0.4, 0.5) is 13.2 Å². The third kappa shape index (κ3) is 5.76. The molecule has 0 atom stereocenters. The maximum absolute atomic E-state index is 12.2. The maximum Gasteiger partial charge on any atom is 0.573 e. The van der Waals surface area contributed by atoms with E-state index in [0.29, 0.717) is 11.5 Å². The molecule has 12 heteroatoms. The zero-order valence-electron chi connectivity index (χ0n) is 14.5. The first kappa shape index (κ1) is 21.3. The summed E-state index contributed by atoms with van der Waals surface area (Å²) in [4.78, 5) is 13.6. The second-order valence-corrected chi connectivity index (χ2v) is 6.86. The van der Waals surface area contributed by atoms with Gasteiger partial charge in [0.1, 0.15) is 17.2 Å². The molecule has 2 N–H and O–H groups in total. The van der Waals surface area contributed by atoms with E-state index in [0.717, 1.165) is 24.3 Å². The number of carbonyl (C=O) groups excluding carboxylic acids is 1. The van der Waals surface area contributed by atoms with Gasteiger partial charge in [-0.3, -0.25) is 10.2 Å². The first-order valence-corrected chi connectivity index (χ1v) is 8.93. The molecule has 0 aliphatic carbocycles.